The lowest BCUT2D eigenvalue weighted by Gasteiger charge is -2.15. The van der Waals surface area contributed by atoms with E-state index in [2.05, 4.69) is 0 Å². The van der Waals surface area contributed by atoms with Crippen LogP contribution in [-0.4, -0.2) is 18.2 Å². The van der Waals surface area contributed by atoms with Crippen molar-refractivity contribution < 1.29 is 19.0 Å². The molecule has 3 nitrogen and oxygen atoms in total. The van der Waals surface area contributed by atoms with E-state index >= 15 is 0 Å². The summed E-state index contributed by atoms with van der Waals surface area (Å²) in [5.41, 5.74) is 0.912. The standard InChI is InChI=1S/C13H15FO3/c1-17-8-9-2-3-11(14)10(6-9)13(4-5-13)7-12(15)16/h2-3,6H,4-5,7-8H2,1H3,(H,15,16). The van der Waals surface area contributed by atoms with Gasteiger partial charge in [0.25, 0.3) is 0 Å². The van der Waals surface area contributed by atoms with E-state index in [1.165, 1.54) is 6.07 Å². The third-order valence-corrected chi connectivity index (χ3v) is 3.26. The molecule has 1 fully saturated rings. The molecule has 0 aromatic heterocycles. The Morgan fingerprint density at radius 1 is 1.53 bits per heavy atom. The van der Waals surface area contributed by atoms with E-state index in [-0.39, 0.29) is 12.2 Å². The van der Waals surface area contributed by atoms with Crippen molar-refractivity contribution in [3.63, 3.8) is 0 Å². The summed E-state index contributed by atoms with van der Waals surface area (Å²) < 4.78 is 18.8. The number of hydrogen-bond donors (Lipinski definition) is 1. The number of halogens is 1. The van der Waals surface area contributed by atoms with Crippen molar-refractivity contribution in [1.29, 1.82) is 0 Å². The lowest BCUT2D eigenvalue weighted by molar-refractivity contribution is -0.137. The molecular formula is C13H15FO3. The molecular weight excluding hydrogens is 223 g/mol. The van der Waals surface area contributed by atoms with Crippen molar-refractivity contribution in [3.05, 3.63) is 35.1 Å². The van der Waals surface area contributed by atoms with Gasteiger partial charge in [0.05, 0.1) is 13.0 Å². The number of ether oxygens (including phenoxy) is 1. The SMILES string of the molecule is COCc1ccc(F)c(C2(CC(=O)O)CC2)c1. The van der Waals surface area contributed by atoms with E-state index in [1.54, 1.807) is 19.2 Å². The molecule has 17 heavy (non-hydrogen) atoms. The van der Waals surface area contributed by atoms with Gasteiger partial charge in [-0.3, -0.25) is 4.79 Å². The van der Waals surface area contributed by atoms with Gasteiger partial charge in [0.1, 0.15) is 5.82 Å². The van der Waals surface area contributed by atoms with Crippen molar-refractivity contribution in [3.8, 4) is 0 Å². The third-order valence-electron chi connectivity index (χ3n) is 3.26. The monoisotopic (exact) mass is 238 g/mol. The quantitative estimate of drug-likeness (QED) is 0.857. The van der Waals surface area contributed by atoms with Crippen LogP contribution in [0.1, 0.15) is 30.4 Å². The number of carboxylic acids is 1. The van der Waals surface area contributed by atoms with E-state index in [0.29, 0.717) is 12.2 Å². The van der Waals surface area contributed by atoms with Gasteiger partial charge in [-0.2, -0.15) is 0 Å². The zero-order valence-electron chi connectivity index (χ0n) is 9.70. The second-order valence-electron chi connectivity index (χ2n) is 4.60. The zero-order chi connectivity index (χ0) is 12.5. The average Bonchev–Trinajstić information content (AvgIpc) is 3.01. The van der Waals surface area contributed by atoms with Crippen LogP contribution in [0, 0.1) is 5.82 Å². The summed E-state index contributed by atoms with van der Waals surface area (Å²) in [6.07, 6.45) is 1.49. The van der Waals surface area contributed by atoms with Crippen LogP contribution in [0.15, 0.2) is 18.2 Å². The van der Waals surface area contributed by atoms with Gasteiger partial charge in [0.15, 0.2) is 0 Å². The number of carboxylic acid groups (broad SMARTS) is 1. The first-order valence-electron chi connectivity index (χ1n) is 5.57. The van der Waals surface area contributed by atoms with Crippen molar-refractivity contribution in [2.24, 2.45) is 0 Å². The molecule has 92 valence electrons. The summed E-state index contributed by atoms with van der Waals surface area (Å²) in [4.78, 5) is 10.8. The van der Waals surface area contributed by atoms with E-state index in [0.717, 1.165) is 18.4 Å². The van der Waals surface area contributed by atoms with Crippen LogP contribution in [0.2, 0.25) is 0 Å². The van der Waals surface area contributed by atoms with E-state index < -0.39 is 11.4 Å². The Balaban J connectivity index is 2.30. The molecule has 0 aliphatic heterocycles. The number of benzene rings is 1. The first kappa shape index (κ1) is 12.0. The van der Waals surface area contributed by atoms with Crippen LogP contribution in [-0.2, 0) is 21.6 Å². The van der Waals surface area contributed by atoms with Crippen LogP contribution in [0.4, 0.5) is 4.39 Å². The van der Waals surface area contributed by atoms with Gasteiger partial charge in [-0.25, -0.2) is 4.39 Å². The highest BCUT2D eigenvalue weighted by Crippen LogP contribution is 2.52. The maximum absolute atomic E-state index is 13.8. The van der Waals surface area contributed by atoms with E-state index in [4.69, 9.17) is 9.84 Å². The number of carbonyl (C=O) groups is 1. The summed E-state index contributed by atoms with van der Waals surface area (Å²) in [5.74, 6) is -1.19. The number of methoxy groups -OCH3 is 1. The summed E-state index contributed by atoms with van der Waals surface area (Å²) in [6.45, 7) is 0.413. The second kappa shape index (κ2) is 4.45. The maximum Gasteiger partial charge on any atom is 0.304 e. The van der Waals surface area contributed by atoms with Gasteiger partial charge in [0.2, 0.25) is 0 Å². The average molecular weight is 238 g/mol. The molecule has 1 N–H and O–H groups in total. The summed E-state index contributed by atoms with van der Waals surface area (Å²) in [6, 6.07) is 4.79. The molecule has 0 spiro atoms. The molecule has 1 saturated carbocycles. The smallest absolute Gasteiger partial charge is 0.304 e. The van der Waals surface area contributed by atoms with Gasteiger partial charge in [-0.1, -0.05) is 6.07 Å². The highest BCUT2D eigenvalue weighted by Gasteiger charge is 2.47. The van der Waals surface area contributed by atoms with Crippen LogP contribution in [0.25, 0.3) is 0 Å². The maximum atomic E-state index is 13.8. The Kier molecular flexibility index (Phi) is 3.15. The molecule has 0 heterocycles. The van der Waals surface area contributed by atoms with Crippen LogP contribution in [0.5, 0.6) is 0 Å². The minimum absolute atomic E-state index is 0.000353. The van der Waals surface area contributed by atoms with Crippen molar-refractivity contribution in [1.82, 2.24) is 0 Å². The largest absolute Gasteiger partial charge is 0.481 e. The third kappa shape index (κ3) is 2.47. The topological polar surface area (TPSA) is 46.5 Å². The van der Waals surface area contributed by atoms with Crippen LogP contribution >= 0.6 is 0 Å². The highest BCUT2D eigenvalue weighted by atomic mass is 19.1. The normalized spacial score (nSPS) is 16.8. The Morgan fingerprint density at radius 3 is 2.76 bits per heavy atom. The fourth-order valence-corrected chi connectivity index (χ4v) is 2.22. The van der Waals surface area contributed by atoms with Gasteiger partial charge in [-0.05, 0) is 36.1 Å². The van der Waals surface area contributed by atoms with Gasteiger partial charge in [-0.15, -0.1) is 0 Å². The first-order chi connectivity index (χ1) is 8.07. The summed E-state index contributed by atoms with van der Waals surface area (Å²) in [7, 11) is 1.58. The second-order valence-corrected chi connectivity index (χ2v) is 4.60. The van der Waals surface area contributed by atoms with Crippen molar-refractivity contribution >= 4 is 5.97 Å². The Bertz CT molecular complexity index is 438. The molecule has 0 saturated heterocycles. The van der Waals surface area contributed by atoms with Crippen molar-refractivity contribution in [2.75, 3.05) is 7.11 Å². The molecule has 1 aliphatic carbocycles. The number of rotatable bonds is 5. The Morgan fingerprint density at radius 2 is 2.24 bits per heavy atom. The van der Waals surface area contributed by atoms with Crippen LogP contribution < -0.4 is 0 Å². The fraction of sp³-hybridized carbons (Fsp3) is 0.462. The van der Waals surface area contributed by atoms with Gasteiger partial charge >= 0.3 is 5.97 Å². The molecule has 4 heteroatoms. The molecule has 0 atom stereocenters. The molecule has 1 aliphatic rings. The predicted octanol–water partition coefficient (Wildman–Crippen LogP) is 2.48. The minimum Gasteiger partial charge on any atom is -0.481 e. The Labute approximate surface area is 99.2 Å². The van der Waals surface area contributed by atoms with E-state index in [1.807, 2.05) is 0 Å². The number of hydrogen-bond acceptors (Lipinski definition) is 2. The molecule has 0 radical (unpaired) electrons. The number of aliphatic carboxylic acids is 1. The van der Waals surface area contributed by atoms with Gasteiger partial charge < -0.3 is 9.84 Å². The fourth-order valence-electron chi connectivity index (χ4n) is 2.22. The first-order valence-corrected chi connectivity index (χ1v) is 5.57. The highest BCUT2D eigenvalue weighted by molar-refractivity contribution is 5.70. The van der Waals surface area contributed by atoms with Crippen LogP contribution in [0.3, 0.4) is 0 Å². The molecule has 0 amide bonds. The molecule has 2 rings (SSSR count). The molecule has 1 aromatic carbocycles. The Hall–Kier alpha value is -1.42. The van der Waals surface area contributed by atoms with Crippen molar-refractivity contribution in [2.45, 2.75) is 31.3 Å². The molecule has 0 unspecified atom stereocenters. The summed E-state index contributed by atoms with van der Waals surface area (Å²) in [5, 5.41) is 8.87. The lowest BCUT2D eigenvalue weighted by Crippen LogP contribution is -2.15. The molecule has 1 aromatic rings. The zero-order valence-corrected chi connectivity index (χ0v) is 9.70. The predicted molar refractivity (Wildman–Crippen MR) is 60.3 cm³/mol. The van der Waals surface area contributed by atoms with Gasteiger partial charge in [0, 0.05) is 12.5 Å². The summed E-state index contributed by atoms with van der Waals surface area (Å²) >= 11 is 0. The minimum atomic E-state index is -0.876. The van der Waals surface area contributed by atoms with E-state index in [9.17, 15) is 9.18 Å². The molecule has 0 bridgehead atoms. The lowest BCUT2D eigenvalue weighted by atomic mass is 9.91.